The van der Waals surface area contributed by atoms with Crippen LogP contribution in [0.1, 0.15) is 38.4 Å². The molecular weight excluding hydrogens is 254 g/mol. The minimum Gasteiger partial charge on any atom is -0.322 e. The van der Waals surface area contributed by atoms with E-state index in [1.807, 2.05) is 10.9 Å². The average Bonchev–Trinajstić information content (AvgIpc) is 3.00. The molecule has 0 saturated heterocycles. The summed E-state index contributed by atoms with van der Waals surface area (Å²) in [5.74, 6) is 1.38. The SMILES string of the molecule is CCn1ncc(Br)c1C(N)C(C)C1CC1. The predicted octanol–water partition coefficient (Wildman–Crippen LogP) is 2.71. The van der Waals surface area contributed by atoms with Crippen molar-refractivity contribution >= 4 is 15.9 Å². The molecule has 15 heavy (non-hydrogen) atoms. The Morgan fingerprint density at radius 2 is 2.33 bits per heavy atom. The first kappa shape index (κ1) is 11.1. The van der Waals surface area contributed by atoms with Gasteiger partial charge in [-0.05, 0) is 47.5 Å². The van der Waals surface area contributed by atoms with Crippen molar-refractivity contribution in [1.82, 2.24) is 9.78 Å². The molecule has 2 unspecified atom stereocenters. The summed E-state index contributed by atoms with van der Waals surface area (Å²) in [6.45, 7) is 5.23. The lowest BCUT2D eigenvalue weighted by Crippen LogP contribution is -2.24. The van der Waals surface area contributed by atoms with Crippen molar-refractivity contribution in [1.29, 1.82) is 0 Å². The van der Waals surface area contributed by atoms with Gasteiger partial charge in [-0.1, -0.05) is 6.92 Å². The Balaban J connectivity index is 2.22. The van der Waals surface area contributed by atoms with Crippen molar-refractivity contribution in [3.05, 3.63) is 16.4 Å². The average molecular weight is 272 g/mol. The molecule has 0 spiro atoms. The maximum atomic E-state index is 6.31. The van der Waals surface area contributed by atoms with Crippen molar-refractivity contribution in [2.24, 2.45) is 17.6 Å². The molecule has 1 heterocycles. The number of nitrogens with two attached hydrogens (primary N) is 1. The molecule has 1 aliphatic carbocycles. The van der Waals surface area contributed by atoms with Gasteiger partial charge in [0.05, 0.1) is 22.4 Å². The first-order chi connectivity index (χ1) is 7.15. The first-order valence-corrected chi connectivity index (χ1v) is 6.41. The van der Waals surface area contributed by atoms with E-state index in [4.69, 9.17) is 5.73 Å². The number of aromatic nitrogens is 2. The molecule has 2 rings (SSSR count). The molecule has 0 aromatic carbocycles. The summed E-state index contributed by atoms with van der Waals surface area (Å²) in [6.07, 6.45) is 4.53. The Labute approximate surface area is 99.2 Å². The quantitative estimate of drug-likeness (QED) is 0.915. The van der Waals surface area contributed by atoms with Gasteiger partial charge in [-0.25, -0.2) is 0 Å². The molecule has 84 valence electrons. The molecule has 4 heteroatoms. The van der Waals surface area contributed by atoms with E-state index >= 15 is 0 Å². The van der Waals surface area contributed by atoms with E-state index in [0.29, 0.717) is 5.92 Å². The Hall–Kier alpha value is -0.350. The zero-order valence-corrected chi connectivity index (χ0v) is 10.9. The second-order valence-corrected chi connectivity index (χ2v) is 5.27. The molecule has 0 amide bonds. The topological polar surface area (TPSA) is 43.8 Å². The molecule has 1 aliphatic rings. The maximum Gasteiger partial charge on any atom is 0.0696 e. The summed E-state index contributed by atoms with van der Waals surface area (Å²) in [4.78, 5) is 0. The smallest absolute Gasteiger partial charge is 0.0696 e. The van der Waals surface area contributed by atoms with Gasteiger partial charge in [-0.15, -0.1) is 0 Å². The zero-order valence-electron chi connectivity index (χ0n) is 9.28. The number of rotatable bonds is 4. The summed E-state index contributed by atoms with van der Waals surface area (Å²) >= 11 is 3.53. The van der Waals surface area contributed by atoms with Crippen LogP contribution in [0, 0.1) is 11.8 Å². The number of halogens is 1. The van der Waals surface area contributed by atoms with Crippen LogP contribution in [-0.2, 0) is 6.54 Å². The highest BCUT2D eigenvalue weighted by atomic mass is 79.9. The van der Waals surface area contributed by atoms with Crippen LogP contribution in [0.2, 0.25) is 0 Å². The molecule has 1 fully saturated rings. The molecule has 2 atom stereocenters. The normalized spacial score (nSPS) is 20.3. The largest absolute Gasteiger partial charge is 0.322 e. The third-order valence-electron chi connectivity index (χ3n) is 3.38. The Kier molecular flexibility index (Phi) is 3.16. The maximum absolute atomic E-state index is 6.31. The third kappa shape index (κ3) is 2.11. The highest BCUT2D eigenvalue weighted by molar-refractivity contribution is 9.10. The molecule has 0 aliphatic heterocycles. The number of nitrogens with zero attached hydrogens (tertiary/aromatic N) is 2. The van der Waals surface area contributed by atoms with Gasteiger partial charge in [0, 0.05) is 6.54 Å². The van der Waals surface area contributed by atoms with E-state index in [1.165, 1.54) is 12.8 Å². The summed E-state index contributed by atoms with van der Waals surface area (Å²) in [5.41, 5.74) is 7.46. The Morgan fingerprint density at radius 1 is 1.67 bits per heavy atom. The van der Waals surface area contributed by atoms with E-state index in [1.54, 1.807) is 0 Å². The highest BCUT2D eigenvalue weighted by Gasteiger charge is 2.34. The van der Waals surface area contributed by atoms with Crippen molar-refractivity contribution in [2.45, 2.75) is 39.3 Å². The van der Waals surface area contributed by atoms with E-state index in [2.05, 4.69) is 34.9 Å². The van der Waals surface area contributed by atoms with Crippen LogP contribution in [-0.4, -0.2) is 9.78 Å². The van der Waals surface area contributed by atoms with E-state index in [0.717, 1.165) is 22.6 Å². The monoisotopic (exact) mass is 271 g/mol. The van der Waals surface area contributed by atoms with E-state index < -0.39 is 0 Å². The van der Waals surface area contributed by atoms with Crippen molar-refractivity contribution < 1.29 is 0 Å². The van der Waals surface area contributed by atoms with Crippen molar-refractivity contribution in [3.63, 3.8) is 0 Å². The van der Waals surface area contributed by atoms with Crippen LogP contribution >= 0.6 is 15.9 Å². The molecule has 3 nitrogen and oxygen atoms in total. The molecule has 1 aromatic heterocycles. The fraction of sp³-hybridized carbons (Fsp3) is 0.727. The minimum atomic E-state index is 0.106. The number of aryl methyl sites for hydroxylation is 1. The molecule has 1 saturated carbocycles. The van der Waals surface area contributed by atoms with Gasteiger partial charge in [0.25, 0.3) is 0 Å². The standard InChI is InChI=1S/C11H18BrN3/c1-3-15-11(9(12)6-14-15)10(13)7(2)8-4-5-8/h6-8,10H,3-5,13H2,1-2H3. The predicted molar refractivity (Wildman–Crippen MR) is 64.4 cm³/mol. The second kappa shape index (κ2) is 4.26. The summed E-state index contributed by atoms with van der Waals surface area (Å²) in [6, 6.07) is 0.106. The van der Waals surface area contributed by atoms with Crippen molar-refractivity contribution in [2.75, 3.05) is 0 Å². The fourth-order valence-electron chi connectivity index (χ4n) is 2.12. The van der Waals surface area contributed by atoms with Gasteiger partial charge in [0.1, 0.15) is 0 Å². The highest BCUT2D eigenvalue weighted by Crippen LogP contribution is 2.42. The van der Waals surface area contributed by atoms with E-state index in [-0.39, 0.29) is 6.04 Å². The molecule has 0 bridgehead atoms. The first-order valence-electron chi connectivity index (χ1n) is 5.62. The molecular formula is C11H18BrN3. The van der Waals surface area contributed by atoms with Gasteiger partial charge < -0.3 is 5.73 Å². The number of hydrogen-bond acceptors (Lipinski definition) is 2. The van der Waals surface area contributed by atoms with Gasteiger partial charge >= 0.3 is 0 Å². The van der Waals surface area contributed by atoms with Crippen molar-refractivity contribution in [3.8, 4) is 0 Å². The summed E-state index contributed by atoms with van der Waals surface area (Å²) < 4.78 is 3.04. The summed E-state index contributed by atoms with van der Waals surface area (Å²) in [7, 11) is 0. The lowest BCUT2D eigenvalue weighted by atomic mass is 9.95. The van der Waals surface area contributed by atoms with Crippen LogP contribution in [0.4, 0.5) is 0 Å². The van der Waals surface area contributed by atoms with Crippen LogP contribution in [0.25, 0.3) is 0 Å². The van der Waals surface area contributed by atoms with Gasteiger partial charge in [-0.3, -0.25) is 4.68 Å². The Morgan fingerprint density at radius 3 is 2.87 bits per heavy atom. The second-order valence-electron chi connectivity index (χ2n) is 4.42. The zero-order chi connectivity index (χ0) is 11.0. The van der Waals surface area contributed by atoms with Crippen LogP contribution in [0.5, 0.6) is 0 Å². The van der Waals surface area contributed by atoms with Crippen LogP contribution in [0.15, 0.2) is 10.7 Å². The minimum absolute atomic E-state index is 0.106. The van der Waals surface area contributed by atoms with Crippen LogP contribution in [0.3, 0.4) is 0 Å². The third-order valence-corrected chi connectivity index (χ3v) is 3.99. The van der Waals surface area contributed by atoms with Crippen LogP contribution < -0.4 is 5.73 Å². The van der Waals surface area contributed by atoms with Gasteiger partial charge in [0.2, 0.25) is 0 Å². The molecule has 0 radical (unpaired) electrons. The fourth-order valence-corrected chi connectivity index (χ4v) is 2.68. The Bertz CT molecular complexity index is 344. The lowest BCUT2D eigenvalue weighted by molar-refractivity contribution is 0.392. The summed E-state index contributed by atoms with van der Waals surface area (Å²) in [5, 5.41) is 4.31. The van der Waals surface area contributed by atoms with Gasteiger partial charge in [-0.2, -0.15) is 5.10 Å². The van der Waals surface area contributed by atoms with E-state index in [9.17, 15) is 0 Å². The molecule has 2 N–H and O–H groups in total. The van der Waals surface area contributed by atoms with Gasteiger partial charge in [0.15, 0.2) is 0 Å². The number of hydrogen-bond donors (Lipinski definition) is 1. The molecule has 1 aromatic rings. The lowest BCUT2D eigenvalue weighted by Gasteiger charge is -2.21.